The van der Waals surface area contributed by atoms with Gasteiger partial charge in [0.25, 0.3) is 0 Å². The maximum Gasteiger partial charge on any atom is 0.0968 e. The fraction of sp³-hybridized carbons (Fsp3) is 0.182. The van der Waals surface area contributed by atoms with Crippen molar-refractivity contribution in [3.8, 4) is 0 Å². The minimum absolute atomic E-state index is 0.540. The molecule has 1 aromatic heterocycles. The normalized spacial score (nSPS) is 10.5. The third-order valence-electron chi connectivity index (χ3n) is 2.21. The smallest absolute Gasteiger partial charge is 0.0968 e. The Labute approximate surface area is 97.7 Å². The minimum atomic E-state index is 0.540. The number of nitrogens with two attached hydrogens (primary N) is 1. The predicted octanol–water partition coefficient (Wildman–Crippen LogP) is 2.85. The van der Waals surface area contributed by atoms with Crippen molar-refractivity contribution < 1.29 is 0 Å². The Hall–Kier alpha value is -0.900. The SMILES string of the molecule is NCc1ccc(Cl)cc1Cc1nccs1. The van der Waals surface area contributed by atoms with Gasteiger partial charge in [-0.15, -0.1) is 11.3 Å². The van der Waals surface area contributed by atoms with Crippen molar-refractivity contribution in [1.82, 2.24) is 4.98 Å². The first-order chi connectivity index (χ1) is 7.29. The molecule has 0 aliphatic rings. The lowest BCUT2D eigenvalue weighted by Crippen LogP contribution is -2.02. The molecule has 0 saturated heterocycles. The summed E-state index contributed by atoms with van der Waals surface area (Å²) >= 11 is 7.60. The fourth-order valence-corrected chi connectivity index (χ4v) is 2.30. The molecule has 0 amide bonds. The third-order valence-corrected chi connectivity index (χ3v) is 3.23. The molecule has 78 valence electrons. The van der Waals surface area contributed by atoms with E-state index in [-0.39, 0.29) is 0 Å². The molecule has 15 heavy (non-hydrogen) atoms. The van der Waals surface area contributed by atoms with Gasteiger partial charge in [-0.1, -0.05) is 17.7 Å². The molecular formula is C11H11ClN2S. The largest absolute Gasteiger partial charge is 0.326 e. The molecule has 2 nitrogen and oxygen atoms in total. The van der Waals surface area contributed by atoms with Crippen molar-refractivity contribution in [2.24, 2.45) is 5.73 Å². The number of benzene rings is 1. The first kappa shape index (κ1) is 10.6. The van der Waals surface area contributed by atoms with Crippen LogP contribution in [0.2, 0.25) is 5.02 Å². The number of rotatable bonds is 3. The zero-order valence-electron chi connectivity index (χ0n) is 8.11. The van der Waals surface area contributed by atoms with Crippen LogP contribution in [0.4, 0.5) is 0 Å². The lowest BCUT2D eigenvalue weighted by molar-refractivity contribution is 1.01. The fourth-order valence-electron chi connectivity index (χ4n) is 1.46. The van der Waals surface area contributed by atoms with Gasteiger partial charge in [-0.05, 0) is 23.3 Å². The first-order valence-corrected chi connectivity index (χ1v) is 5.91. The summed E-state index contributed by atoms with van der Waals surface area (Å²) in [6, 6.07) is 5.81. The molecule has 0 saturated carbocycles. The van der Waals surface area contributed by atoms with Crippen LogP contribution in [0.25, 0.3) is 0 Å². The molecule has 2 rings (SSSR count). The van der Waals surface area contributed by atoms with Gasteiger partial charge < -0.3 is 5.73 Å². The highest BCUT2D eigenvalue weighted by molar-refractivity contribution is 7.09. The van der Waals surface area contributed by atoms with Gasteiger partial charge in [0.1, 0.15) is 0 Å². The Kier molecular flexibility index (Phi) is 3.36. The molecule has 0 unspecified atom stereocenters. The molecule has 4 heteroatoms. The van der Waals surface area contributed by atoms with E-state index in [0.717, 1.165) is 22.0 Å². The molecule has 2 N–H and O–H groups in total. The summed E-state index contributed by atoms with van der Waals surface area (Å²) in [5.41, 5.74) is 7.97. The van der Waals surface area contributed by atoms with Crippen LogP contribution >= 0.6 is 22.9 Å². The second kappa shape index (κ2) is 4.75. The van der Waals surface area contributed by atoms with E-state index in [1.807, 2.05) is 29.8 Å². The number of hydrogen-bond donors (Lipinski definition) is 1. The van der Waals surface area contributed by atoms with Crippen LogP contribution in [0, 0.1) is 0 Å². The average molecular weight is 239 g/mol. The standard InChI is InChI=1S/C11H11ClN2S/c12-10-2-1-8(7-13)9(5-10)6-11-14-3-4-15-11/h1-5H,6-7,13H2. The molecule has 1 heterocycles. The van der Waals surface area contributed by atoms with E-state index < -0.39 is 0 Å². The molecular weight excluding hydrogens is 228 g/mol. The van der Waals surface area contributed by atoms with Crippen molar-refractivity contribution in [2.45, 2.75) is 13.0 Å². The van der Waals surface area contributed by atoms with Gasteiger partial charge in [-0.3, -0.25) is 0 Å². The third kappa shape index (κ3) is 2.56. The van der Waals surface area contributed by atoms with Crippen LogP contribution in [-0.2, 0) is 13.0 Å². The van der Waals surface area contributed by atoms with Crippen LogP contribution < -0.4 is 5.73 Å². The highest BCUT2D eigenvalue weighted by atomic mass is 35.5. The van der Waals surface area contributed by atoms with Crippen LogP contribution in [0.1, 0.15) is 16.1 Å². The quantitative estimate of drug-likeness (QED) is 0.893. The molecule has 0 atom stereocenters. The Morgan fingerprint density at radius 3 is 2.87 bits per heavy atom. The Morgan fingerprint density at radius 2 is 2.20 bits per heavy atom. The van der Waals surface area contributed by atoms with Gasteiger partial charge in [-0.2, -0.15) is 0 Å². The predicted molar refractivity (Wildman–Crippen MR) is 64.3 cm³/mol. The first-order valence-electron chi connectivity index (χ1n) is 4.65. The maximum absolute atomic E-state index is 5.96. The Bertz CT molecular complexity index is 440. The van der Waals surface area contributed by atoms with Gasteiger partial charge in [-0.25, -0.2) is 4.98 Å². The summed E-state index contributed by atoms with van der Waals surface area (Å²) in [5.74, 6) is 0. The molecule has 0 bridgehead atoms. The lowest BCUT2D eigenvalue weighted by Gasteiger charge is -2.06. The number of nitrogens with zero attached hydrogens (tertiary/aromatic N) is 1. The molecule has 0 radical (unpaired) electrons. The summed E-state index contributed by atoms with van der Waals surface area (Å²) in [5, 5.41) is 3.81. The van der Waals surface area contributed by atoms with Crippen molar-refractivity contribution in [3.63, 3.8) is 0 Å². The van der Waals surface area contributed by atoms with Gasteiger partial charge in [0.15, 0.2) is 0 Å². The van der Waals surface area contributed by atoms with Gasteiger partial charge in [0.05, 0.1) is 5.01 Å². The average Bonchev–Trinajstić information content (AvgIpc) is 2.71. The summed E-state index contributed by atoms with van der Waals surface area (Å²) in [6.45, 7) is 0.540. The topological polar surface area (TPSA) is 38.9 Å². The van der Waals surface area contributed by atoms with Gasteiger partial charge in [0.2, 0.25) is 0 Å². The number of halogens is 1. The van der Waals surface area contributed by atoms with Crippen molar-refractivity contribution in [2.75, 3.05) is 0 Å². The van der Waals surface area contributed by atoms with E-state index in [1.165, 1.54) is 5.56 Å². The highest BCUT2D eigenvalue weighted by Gasteiger charge is 2.04. The highest BCUT2D eigenvalue weighted by Crippen LogP contribution is 2.20. The molecule has 0 fully saturated rings. The van der Waals surface area contributed by atoms with Crippen LogP contribution in [0.15, 0.2) is 29.8 Å². The van der Waals surface area contributed by atoms with E-state index >= 15 is 0 Å². The minimum Gasteiger partial charge on any atom is -0.326 e. The summed E-state index contributed by atoms with van der Waals surface area (Å²) in [6.07, 6.45) is 2.62. The molecule has 0 aliphatic carbocycles. The Balaban J connectivity index is 2.30. The van der Waals surface area contributed by atoms with E-state index in [4.69, 9.17) is 17.3 Å². The monoisotopic (exact) mass is 238 g/mol. The molecule has 2 aromatic rings. The van der Waals surface area contributed by atoms with Gasteiger partial charge in [0, 0.05) is 29.6 Å². The van der Waals surface area contributed by atoms with Crippen LogP contribution in [0.3, 0.4) is 0 Å². The summed E-state index contributed by atoms with van der Waals surface area (Å²) in [4.78, 5) is 4.25. The maximum atomic E-state index is 5.96. The van der Waals surface area contributed by atoms with E-state index in [0.29, 0.717) is 6.54 Å². The second-order valence-electron chi connectivity index (χ2n) is 3.22. The lowest BCUT2D eigenvalue weighted by atomic mass is 10.1. The van der Waals surface area contributed by atoms with Crippen molar-refractivity contribution >= 4 is 22.9 Å². The summed E-state index contributed by atoms with van der Waals surface area (Å²) < 4.78 is 0. The zero-order chi connectivity index (χ0) is 10.7. The number of aromatic nitrogens is 1. The molecule has 0 spiro atoms. The molecule has 1 aromatic carbocycles. The second-order valence-corrected chi connectivity index (χ2v) is 4.64. The van der Waals surface area contributed by atoms with E-state index in [9.17, 15) is 0 Å². The Morgan fingerprint density at radius 1 is 1.33 bits per heavy atom. The zero-order valence-corrected chi connectivity index (χ0v) is 9.68. The number of hydrogen-bond acceptors (Lipinski definition) is 3. The molecule has 0 aliphatic heterocycles. The van der Waals surface area contributed by atoms with Crippen molar-refractivity contribution in [3.05, 3.63) is 50.9 Å². The number of thiazole rings is 1. The van der Waals surface area contributed by atoms with Gasteiger partial charge >= 0.3 is 0 Å². The van der Waals surface area contributed by atoms with E-state index in [1.54, 1.807) is 11.3 Å². The van der Waals surface area contributed by atoms with E-state index in [2.05, 4.69) is 4.98 Å². The van der Waals surface area contributed by atoms with Crippen molar-refractivity contribution in [1.29, 1.82) is 0 Å². The summed E-state index contributed by atoms with van der Waals surface area (Å²) in [7, 11) is 0. The van der Waals surface area contributed by atoms with Crippen LogP contribution in [0.5, 0.6) is 0 Å². The van der Waals surface area contributed by atoms with Crippen LogP contribution in [-0.4, -0.2) is 4.98 Å².